The second-order valence-electron chi connectivity index (χ2n) is 7.34. The molecule has 0 aliphatic carbocycles. The first-order chi connectivity index (χ1) is 15.8. The molecule has 0 radical (unpaired) electrons. The van der Waals surface area contributed by atoms with Crippen LogP contribution >= 0.6 is 11.6 Å². The fourth-order valence-corrected chi connectivity index (χ4v) is 4.67. The van der Waals surface area contributed by atoms with Crippen molar-refractivity contribution in [3.8, 4) is 0 Å². The van der Waals surface area contributed by atoms with Gasteiger partial charge in [-0.3, -0.25) is 14.3 Å². The highest BCUT2D eigenvalue weighted by Crippen LogP contribution is 2.26. The minimum Gasteiger partial charge on any atom is -0.352 e. The third kappa shape index (κ3) is 6.81. The first-order valence-electron chi connectivity index (χ1n) is 10.3. The molecule has 0 bridgehead atoms. The molecule has 3 rings (SSSR count). The van der Waals surface area contributed by atoms with Crippen molar-refractivity contribution in [1.82, 2.24) is 5.32 Å². The van der Waals surface area contributed by atoms with Crippen LogP contribution in [0.2, 0.25) is 5.02 Å². The lowest BCUT2D eigenvalue weighted by molar-refractivity contribution is -0.116. The fourth-order valence-electron chi connectivity index (χ4n) is 3.08. The number of rotatable bonds is 9. The predicted molar refractivity (Wildman–Crippen MR) is 130 cm³/mol. The number of carbonyl (C=O) groups is 2. The van der Waals surface area contributed by atoms with Gasteiger partial charge in [0.15, 0.2) is 0 Å². The number of hydrogen-bond acceptors (Lipinski definition) is 4. The molecular formula is C24H24ClN3O4S. The topological polar surface area (TPSA) is 104 Å². The Balaban J connectivity index is 1.57. The van der Waals surface area contributed by atoms with Gasteiger partial charge in [0.1, 0.15) is 0 Å². The summed E-state index contributed by atoms with van der Waals surface area (Å²) in [5.41, 5.74) is 1.71. The van der Waals surface area contributed by atoms with Crippen molar-refractivity contribution in [2.24, 2.45) is 0 Å². The van der Waals surface area contributed by atoms with Crippen molar-refractivity contribution in [2.75, 3.05) is 16.6 Å². The Morgan fingerprint density at radius 3 is 2.36 bits per heavy atom. The van der Waals surface area contributed by atoms with Crippen LogP contribution < -0.4 is 15.4 Å². The van der Waals surface area contributed by atoms with Crippen LogP contribution in [0.3, 0.4) is 0 Å². The summed E-state index contributed by atoms with van der Waals surface area (Å²) in [7, 11) is -3.91. The van der Waals surface area contributed by atoms with E-state index in [4.69, 9.17) is 11.6 Å². The van der Waals surface area contributed by atoms with Crippen molar-refractivity contribution in [2.45, 2.75) is 24.7 Å². The summed E-state index contributed by atoms with van der Waals surface area (Å²) in [5.74, 6) is -0.481. The Hall–Kier alpha value is -3.36. The second-order valence-corrected chi connectivity index (χ2v) is 9.40. The Morgan fingerprint density at radius 2 is 1.64 bits per heavy atom. The van der Waals surface area contributed by atoms with E-state index in [9.17, 15) is 18.0 Å². The number of para-hydroxylation sites is 1. The molecule has 33 heavy (non-hydrogen) atoms. The molecule has 0 heterocycles. The standard InChI is InChI=1S/C24H24ClN3O4S/c1-17-13-14-19(16-22(17)33(31,32)28-21-11-6-5-10-20(21)25)27-23(29)12-7-15-26-24(30)18-8-3-2-4-9-18/h2-6,8-11,13-14,16,28H,7,12,15H2,1H3,(H,26,30)(H,27,29). The van der Waals surface area contributed by atoms with Crippen LogP contribution in [0.25, 0.3) is 0 Å². The van der Waals surface area contributed by atoms with Crippen LogP contribution in [-0.4, -0.2) is 26.8 Å². The van der Waals surface area contributed by atoms with Crippen LogP contribution in [0.1, 0.15) is 28.8 Å². The second kappa shape index (κ2) is 11.0. The molecule has 3 N–H and O–H groups in total. The van der Waals surface area contributed by atoms with E-state index in [1.54, 1.807) is 67.6 Å². The quantitative estimate of drug-likeness (QED) is 0.385. The Morgan fingerprint density at radius 1 is 0.939 bits per heavy atom. The molecule has 0 aliphatic heterocycles. The highest BCUT2D eigenvalue weighted by Gasteiger charge is 2.19. The third-order valence-corrected chi connectivity index (χ3v) is 6.62. The molecule has 0 fully saturated rings. The molecule has 2 amide bonds. The van der Waals surface area contributed by atoms with Gasteiger partial charge in [-0.15, -0.1) is 0 Å². The van der Waals surface area contributed by atoms with Gasteiger partial charge in [-0.2, -0.15) is 0 Å². The van der Waals surface area contributed by atoms with Crippen molar-refractivity contribution in [1.29, 1.82) is 0 Å². The maximum atomic E-state index is 12.9. The molecular weight excluding hydrogens is 462 g/mol. The van der Waals surface area contributed by atoms with Crippen molar-refractivity contribution < 1.29 is 18.0 Å². The normalized spacial score (nSPS) is 11.0. The zero-order valence-corrected chi connectivity index (χ0v) is 19.5. The molecule has 0 saturated carbocycles. The molecule has 7 nitrogen and oxygen atoms in total. The van der Waals surface area contributed by atoms with Crippen LogP contribution in [0.4, 0.5) is 11.4 Å². The largest absolute Gasteiger partial charge is 0.352 e. The van der Waals surface area contributed by atoms with Gasteiger partial charge in [0.05, 0.1) is 15.6 Å². The Bertz CT molecular complexity index is 1250. The van der Waals surface area contributed by atoms with E-state index in [0.29, 0.717) is 29.8 Å². The lowest BCUT2D eigenvalue weighted by atomic mass is 10.2. The maximum absolute atomic E-state index is 12.9. The van der Waals surface area contributed by atoms with Gasteiger partial charge in [-0.1, -0.05) is 48.0 Å². The molecule has 0 atom stereocenters. The van der Waals surface area contributed by atoms with Crippen LogP contribution in [0, 0.1) is 6.92 Å². The van der Waals surface area contributed by atoms with E-state index in [0.717, 1.165) is 0 Å². The number of aryl methyl sites for hydroxylation is 1. The first kappa shape index (κ1) is 24.3. The van der Waals surface area contributed by atoms with Crippen molar-refractivity contribution in [3.63, 3.8) is 0 Å². The van der Waals surface area contributed by atoms with E-state index >= 15 is 0 Å². The average molecular weight is 486 g/mol. The lowest BCUT2D eigenvalue weighted by Crippen LogP contribution is -2.25. The summed E-state index contributed by atoms with van der Waals surface area (Å²) in [4.78, 5) is 24.4. The zero-order chi connectivity index (χ0) is 23.8. The van der Waals surface area contributed by atoms with E-state index < -0.39 is 10.0 Å². The molecule has 3 aromatic rings. The average Bonchev–Trinajstić information content (AvgIpc) is 2.80. The fraction of sp³-hybridized carbons (Fsp3) is 0.167. The summed E-state index contributed by atoms with van der Waals surface area (Å²) >= 11 is 6.06. The molecule has 172 valence electrons. The number of hydrogen-bond donors (Lipinski definition) is 3. The van der Waals surface area contributed by atoms with Gasteiger partial charge < -0.3 is 10.6 Å². The maximum Gasteiger partial charge on any atom is 0.262 e. The summed E-state index contributed by atoms with van der Waals surface area (Å²) in [6.45, 7) is 2.01. The number of nitrogens with one attached hydrogen (secondary N) is 3. The van der Waals surface area contributed by atoms with Crippen LogP contribution in [0.5, 0.6) is 0 Å². The van der Waals surface area contributed by atoms with Crippen molar-refractivity contribution >= 4 is 44.8 Å². The van der Waals surface area contributed by atoms with Gasteiger partial charge in [-0.25, -0.2) is 8.42 Å². The van der Waals surface area contributed by atoms with Gasteiger partial charge in [0.25, 0.3) is 15.9 Å². The molecule has 0 unspecified atom stereocenters. The number of carbonyl (C=O) groups excluding carboxylic acids is 2. The zero-order valence-electron chi connectivity index (χ0n) is 18.0. The van der Waals surface area contributed by atoms with Gasteiger partial charge in [-0.05, 0) is 55.3 Å². The Kier molecular flexibility index (Phi) is 8.08. The number of halogens is 1. The van der Waals surface area contributed by atoms with E-state index in [1.807, 2.05) is 6.07 Å². The summed E-state index contributed by atoms with van der Waals surface area (Å²) in [6, 6.07) is 20.0. The first-order valence-corrected chi connectivity index (χ1v) is 12.1. The lowest BCUT2D eigenvalue weighted by Gasteiger charge is -2.13. The molecule has 0 spiro atoms. The SMILES string of the molecule is Cc1ccc(NC(=O)CCCNC(=O)c2ccccc2)cc1S(=O)(=O)Nc1ccccc1Cl. The molecule has 9 heteroatoms. The highest BCUT2D eigenvalue weighted by molar-refractivity contribution is 7.92. The number of benzene rings is 3. The van der Waals surface area contributed by atoms with Crippen LogP contribution in [-0.2, 0) is 14.8 Å². The molecule has 0 aliphatic rings. The minimum atomic E-state index is -3.91. The number of anilines is 2. The van der Waals surface area contributed by atoms with Gasteiger partial charge in [0.2, 0.25) is 5.91 Å². The summed E-state index contributed by atoms with van der Waals surface area (Å²) in [5, 5.41) is 5.75. The number of amides is 2. The van der Waals surface area contributed by atoms with Gasteiger partial charge in [0, 0.05) is 24.2 Å². The molecule has 0 aromatic heterocycles. The Labute approximate surface area is 198 Å². The monoisotopic (exact) mass is 485 g/mol. The molecule has 0 saturated heterocycles. The van der Waals surface area contributed by atoms with Crippen molar-refractivity contribution in [3.05, 3.63) is 88.9 Å². The highest BCUT2D eigenvalue weighted by atomic mass is 35.5. The summed E-state index contributed by atoms with van der Waals surface area (Å²) in [6.07, 6.45) is 0.610. The number of sulfonamides is 1. The smallest absolute Gasteiger partial charge is 0.262 e. The van der Waals surface area contributed by atoms with Crippen LogP contribution in [0.15, 0.2) is 77.7 Å². The third-order valence-electron chi connectivity index (χ3n) is 4.78. The molecule has 3 aromatic carbocycles. The summed E-state index contributed by atoms with van der Waals surface area (Å²) < 4.78 is 28.2. The van der Waals surface area contributed by atoms with E-state index in [-0.39, 0.29) is 33.8 Å². The minimum absolute atomic E-state index is 0.0374. The van der Waals surface area contributed by atoms with E-state index in [1.165, 1.54) is 6.07 Å². The van der Waals surface area contributed by atoms with Gasteiger partial charge >= 0.3 is 0 Å². The van der Waals surface area contributed by atoms with E-state index in [2.05, 4.69) is 15.4 Å². The predicted octanol–water partition coefficient (Wildman–Crippen LogP) is 4.60.